The summed E-state index contributed by atoms with van der Waals surface area (Å²) in [4.78, 5) is 8.66. The zero-order chi connectivity index (χ0) is 20.9. The van der Waals surface area contributed by atoms with Gasteiger partial charge < -0.3 is 20.1 Å². The van der Waals surface area contributed by atoms with Gasteiger partial charge in [-0.2, -0.15) is 4.98 Å². The van der Waals surface area contributed by atoms with Crippen molar-refractivity contribution in [2.75, 3.05) is 24.8 Å². The van der Waals surface area contributed by atoms with Gasteiger partial charge in [0.25, 0.3) is 0 Å². The fourth-order valence-corrected chi connectivity index (χ4v) is 2.63. The number of anilines is 2. The van der Waals surface area contributed by atoms with Crippen molar-refractivity contribution >= 4 is 11.8 Å². The number of alkyl halides is 3. The summed E-state index contributed by atoms with van der Waals surface area (Å²) >= 11 is 0. The van der Waals surface area contributed by atoms with Crippen molar-refractivity contribution in [2.24, 2.45) is 0 Å². The maximum absolute atomic E-state index is 12.5. The average molecular weight is 404 g/mol. The summed E-state index contributed by atoms with van der Waals surface area (Å²) in [6.07, 6.45) is -4.76. The molecule has 9 heteroatoms. The zero-order valence-corrected chi connectivity index (χ0v) is 15.7. The van der Waals surface area contributed by atoms with Gasteiger partial charge in [0.15, 0.2) is 0 Å². The van der Waals surface area contributed by atoms with Crippen LogP contribution < -0.4 is 20.1 Å². The number of ether oxygens (including phenoxy) is 2. The van der Waals surface area contributed by atoms with E-state index in [-0.39, 0.29) is 5.75 Å². The Morgan fingerprint density at radius 1 is 0.966 bits per heavy atom. The van der Waals surface area contributed by atoms with Gasteiger partial charge in [-0.15, -0.1) is 13.2 Å². The summed E-state index contributed by atoms with van der Waals surface area (Å²) < 4.78 is 46.7. The minimum Gasteiger partial charge on any atom is -0.497 e. The van der Waals surface area contributed by atoms with Gasteiger partial charge in [0, 0.05) is 25.2 Å². The highest BCUT2D eigenvalue weighted by atomic mass is 19.4. The quantitative estimate of drug-likeness (QED) is 0.595. The lowest BCUT2D eigenvalue weighted by Crippen LogP contribution is -2.17. The van der Waals surface area contributed by atoms with Crippen LogP contribution in [-0.4, -0.2) is 30.5 Å². The van der Waals surface area contributed by atoms with Crippen molar-refractivity contribution in [3.05, 3.63) is 60.2 Å². The minimum absolute atomic E-state index is 0.314. The van der Waals surface area contributed by atoms with Crippen molar-refractivity contribution in [3.63, 3.8) is 0 Å². The van der Waals surface area contributed by atoms with E-state index in [4.69, 9.17) is 4.74 Å². The maximum atomic E-state index is 12.5. The molecule has 0 unspecified atom stereocenters. The van der Waals surface area contributed by atoms with Crippen molar-refractivity contribution in [2.45, 2.75) is 12.9 Å². The van der Waals surface area contributed by atoms with Crippen LogP contribution in [0.2, 0.25) is 0 Å². The van der Waals surface area contributed by atoms with Crippen LogP contribution in [0.4, 0.5) is 24.9 Å². The van der Waals surface area contributed by atoms with Crippen LogP contribution in [0, 0.1) is 0 Å². The molecule has 152 valence electrons. The highest BCUT2D eigenvalue weighted by molar-refractivity contribution is 5.66. The molecule has 2 N–H and O–H groups in total. The van der Waals surface area contributed by atoms with Crippen molar-refractivity contribution < 1.29 is 22.6 Å². The molecule has 0 radical (unpaired) electrons. The summed E-state index contributed by atoms with van der Waals surface area (Å²) in [5, 5.41) is 6.05. The van der Waals surface area contributed by atoms with Gasteiger partial charge in [-0.25, -0.2) is 4.98 Å². The molecule has 0 spiro atoms. The second-order valence-corrected chi connectivity index (χ2v) is 5.99. The van der Waals surface area contributed by atoms with E-state index in [0.29, 0.717) is 29.6 Å². The van der Waals surface area contributed by atoms with E-state index < -0.39 is 6.36 Å². The fourth-order valence-electron chi connectivity index (χ4n) is 2.63. The number of aromatic nitrogens is 2. The number of benzene rings is 2. The van der Waals surface area contributed by atoms with Crippen LogP contribution in [-0.2, 0) is 6.54 Å². The number of nitrogens with one attached hydrogen (secondary N) is 2. The van der Waals surface area contributed by atoms with E-state index in [2.05, 4.69) is 25.3 Å². The Labute approximate surface area is 165 Å². The largest absolute Gasteiger partial charge is 0.573 e. The second kappa shape index (κ2) is 8.68. The topological polar surface area (TPSA) is 68.3 Å². The standard InChI is InChI=1S/C20H19F3N4O2/c1-24-19-26-17(14-6-4-8-16(10-14)29-20(21,22)23)11-18(27-19)25-12-13-5-3-7-15(9-13)28-2/h3-11H,12H2,1-2H3,(H2,24,25,26,27). The molecule has 0 amide bonds. The molecule has 0 saturated carbocycles. The summed E-state index contributed by atoms with van der Waals surface area (Å²) in [6.45, 7) is 0.480. The van der Waals surface area contributed by atoms with E-state index in [1.807, 2.05) is 24.3 Å². The Bertz CT molecular complexity index is 980. The van der Waals surface area contributed by atoms with E-state index in [1.165, 1.54) is 18.2 Å². The number of hydrogen-bond acceptors (Lipinski definition) is 6. The molecule has 2 aromatic carbocycles. The third-order valence-corrected chi connectivity index (χ3v) is 3.92. The zero-order valence-electron chi connectivity index (χ0n) is 15.7. The molecule has 29 heavy (non-hydrogen) atoms. The van der Waals surface area contributed by atoms with Crippen molar-refractivity contribution in [3.8, 4) is 22.8 Å². The first-order valence-corrected chi connectivity index (χ1v) is 8.66. The highest BCUT2D eigenvalue weighted by Gasteiger charge is 2.31. The normalized spacial score (nSPS) is 11.1. The lowest BCUT2D eigenvalue weighted by molar-refractivity contribution is -0.274. The van der Waals surface area contributed by atoms with Crippen molar-refractivity contribution in [1.29, 1.82) is 0 Å². The third kappa shape index (κ3) is 5.74. The second-order valence-electron chi connectivity index (χ2n) is 5.99. The monoisotopic (exact) mass is 404 g/mol. The Morgan fingerprint density at radius 3 is 2.45 bits per heavy atom. The van der Waals surface area contributed by atoms with Crippen molar-refractivity contribution in [1.82, 2.24) is 9.97 Å². The SMILES string of the molecule is CNc1nc(NCc2cccc(OC)c2)cc(-c2cccc(OC(F)(F)F)c2)n1. The molecule has 0 saturated heterocycles. The fraction of sp³-hybridized carbons (Fsp3) is 0.200. The molecule has 0 aliphatic carbocycles. The first-order valence-electron chi connectivity index (χ1n) is 8.66. The van der Waals surface area contributed by atoms with Crippen LogP contribution in [0.25, 0.3) is 11.3 Å². The molecule has 6 nitrogen and oxygen atoms in total. The van der Waals surface area contributed by atoms with E-state index in [0.717, 1.165) is 11.3 Å². The number of nitrogens with zero attached hydrogens (tertiary/aromatic N) is 2. The average Bonchev–Trinajstić information content (AvgIpc) is 2.71. The maximum Gasteiger partial charge on any atom is 0.573 e. The number of rotatable bonds is 7. The highest BCUT2D eigenvalue weighted by Crippen LogP contribution is 2.28. The minimum atomic E-state index is -4.76. The Morgan fingerprint density at radius 2 is 1.72 bits per heavy atom. The van der Waals surface area contributed by atoms with E-state index in [1.54, 1.807) is 26.3 Å². The Hall–Kier alpha value is -3.49. The molecule has 3 aromatic rings. The first-order chi connectivity index (χ1) is 13.9. The van der Waals surface area contributed by atoms with Gasteiger partial charge >= 0.3 is 6.36 Å². The van der Waals surface area contributed by atoms with Crippen LogP contribution in [0.3, 0.4) is 0 Å². The number of methoxy groups -OCH3 is 1. The van der Waals surface area contributed by atoms with Gasteiger partial charge in [-0.1, -0.05) is 24.3 Å². The summed E-state index contributed by atoms with van der Waals surface area (Å²) in [5.41, 5.74) is 1.90. The van der Waals surface area contributed by atoms with Gasteiger partial charge in [0.05, 0.1) is 12.8 Å². The molecule has 0 aliphatic rings. The molecule has 1 heterocycles. The molecule has 1 aromatic heterocycles. The smallest absolute Gasteiger partial charge is 0.497 e. The molecular formula is C20H19F3N4O2. The first kappa shape index (κ1) is 20.2. The molecule has 3 rings (SSSR count). The number of hydrogen-bond donors (Lipinski definition) is 2. The van der Waals surface area contributed by atoms with Crippen LogP contribution in [0.15, 0.2) is 54.6 Å². The van der Waals surface area contributed by atoms with Gasteiger partial charge in [0.1, 0.15) is 17.3 Å². The van der Waals surface area contributed by atoms with E-state index >= 15 is 0 Å². The Kier molecular flexibility index (Phi) is 6.06. The Balaban J connectivity index is 1.84. The number of halogens is 3. The van der Waals surface area contributed by atoms with E-state index in [9.17, 15) is 13.2 Å². The lowest BCUT2D eigenvalue weighted by atomic mass is 10.1. The predicted molar refractivity (Wildman–Crippen MR) is 104 cm³/mol. The van der Waals surface area contributed by atoms with Gasteiger partial charge in [-0.3, -0.25) is 0 Å². The van der Waals surface area contributed by atoms with Gasteiger partial charge in [-0.05, 0) is 29.8 Å². The molecule has 0 fully saturated rings. The third-order valence-electron chi connectivity index (χ3n) is 3.92. The van der Waals surface area contributed by atoms with Gasteiger partial charge in [0.2, 0.25) is 5.95 Å². The molecule has 0 atom stereocenters. The summed E-state index contributed by atoms with van der Waals surface area (Å²) in [5.74, 6) is 1.28. The summed E-state index contributed by atoms with van der Waals surface area (Å²) in [6, 6.07) is 14.9. The summed E-state index contributed by atoms with van der Waals surface area (Å²) in [7, 11) is 3.26. The van der Waals surface area contributed by atoms with Crippen LogP contribution >= 0.6 is 0 Å². The lowest BCUT2D eigenvalue weighted by Gasteiger charge is -2.12. The molecule has 0 bridgehead atoms. The molecular weight excluding hydrogens is 385 g/mol. The predicted octanol–water partition coefficient (Wildman–Crippen LogP) is 4.70. The molecule has 0 aliphatic heterocycles. The van der Waals surface area contributed by atoms with Crippen LogP contribution in [0.5, 0.6) is 11.5 Å². The van der Waals surface area contributed by atoms with Crippen LogP contribution in [0.1, 0.15) is 5.56 Å².